The molecule has 0 saturated carbocycles. The van der Waals surface area contributed by atoms with Crippen LogP contribution in [0.25, 0.3) is 0 Å². The number of esters is 1. The fraction of sp³-hybridized carbons (Fsp3) is 0.692. The SMILES string of the molecule is CCOC(=O)c1nc(C)n(CC2CCCOC2)c1N. The van der Waals surface area contributed by atoms with Gasteiger partial charge in [-0.25, -0.2) is 9.78 Å². The van der Waals surface area contributed by atoms with Crippen LogP contribution in [0.4, 0.5) is 5.82 Å². The number of imidazole rings is 1. The van der Waals surface area contributed by atoms with Crippen molar-refractivity contribution in [3.05, 3.63) is 11.5 Å². The molecule has 6 nitrogen and oxygen atoms in total. The maximum absolute atomic E-state index is 11.7. The Morgan fingerprint density at radius 1 is 1.63 bits per heavy atom. The number of ether oxygens (including phenoxy) is 2. The van der Waals surface area contributed by atoms with Crippen molar-refractivity contribution in [2.24, 2.45) is 5.92 Å². The summed E-state index contributed by atoms with van der Waals surface area (Å²) in [6.45, 7) is 6.25. The van der Waals surface area contributed by atoms with Crippen molar-refractivity contribution in [2.75, 3.05) is 25.6 Å². The van der Waals surface area contributed by atoms with E-state index in [1.165, 1.54) is 0 Å². The molecule has 1 aromatic heterocycles. The monoisotopic (exact) mass is 267 g/mol. The van der Waals surface area contributed by atoms with Crippen LogP contribution in [-0.4, -0.2) is 35.3 Å². The highest BCUT2D eigenvalue weighted by molar-refractivity contribution is 5.92. The number of hydrogen-bond donors (Lipinski definition) is 1. The van der Waals surface area contributed by atoms with Gasteiger partial charge >= 0.3 is 5.97 Å². The average molecular weight is 267 g/mol. The van der Waals surface area contributed by atoms with Crippen molar-refractivity contribution in [1.82, 2.24) is 9.55 Å². The fourth-order valence-electron chi connectivity index (χ4n) is 2.37. The Bertz CT molecular complexity index is 450. The molecule has 1 atom stereocenters. The van der Waals surface area contributed by atoms with Gasteiger partial charge in [0.15, 0.2) is 5.69 Å². The first-order valence-corrected chi connectivity index (χ1v) is 6.71. The highest BCUT2D eigenvalue weighted by atomic mass is 16.5. The first kappa shape index (κ1) is 13.9. The third kappa shape index (κ3) is 3.07. The summed E-state index contributed by atoms with van der Waals surface area (Å²) in [6, 6.07) is 0. The zero-order chi connectivity index (χ0) is 13.8. The molecule has 0 aromatic carbocycles. The van der Waals surface area contributed by atoms with Gasteiger partial charge in [0, 0.05) is 19.1 Å². The van der Waals surface area contributed by atoms with E-state index < -0.39 is 5.97 Å². The van der Waals surface area contributed by atoms with Gasteiger partial charge < -0.3 is 19.8 Å². The average Bonchev–Trinajstić information content (AvgIpc) is 2.68. The predicted octanol–water partition coefficient (Wildman–Crippen LogP) is 1.38. The summed E-state index contributed by atoms with van der Waals surface area (Å²) in [4.78, 5) is 15.9. The Kier molecular flexibility index (Phi) is 4.42. The maximum Gasteiger partial charge on any atom is 0.360 e. The quantitative estimate of drug-likeness (QED) is 0.834. The predicted molar refractivity (Wildman–Crippen MR) is 70.9 cm³/mol. The molecular formula is C13H21N3O3. The number of aromatic nitrogens is 2. The van der Waals surface area contributed by atoms with E-state index in [4.69, 9.17) is 15.2 Å². The van der Waals surface area contributed by atoms with E-state index in [0.717, 1.165) is 38.4 Å². The van der Waals surface area contributed by atoms with Gasteiger partial charge in [-0.05, 0) is 26.7 Å². The van der Waals surface area contributed by atoms with Crippen molar-refractivity contribution < 1.29 is 14.3 Å². The third-order valence-electron chi connectivity index (χ3n) is 3.36. The van der Waals surface area contributed by atoms with Crippen LogP contribution in [0, 0.1) is 12.8 Å². The molecule has 2 heterocycles. The fourth-order valence-corrected chi connectivity index (χ4v) is 2.37. The second kappa shape index (κ2) is 6.06. The van der Waals surface area contributed by atoms with Gasteiger partial charge in [0.1, 0.15) is 11.6 Å². The summed E-state index contributed by atoms with van der Waals surface area (Å²) < 4.78 is 12.3. The summed E-state index contributed by atoms with van der Waals surface area (Å²) in [5, 5.41) is 0. The highest BCUT2D eigenvalue weighted by Gasteiger charge is 2.22. The Balaban J connectivity index is 2.14. The van der Waals surface area contributed by atoms with E-state index in [-0.39, 0.29) is 5.69 Å². The Morgan fingerprint density at radius 2 is 2.42 bits per heavy atom. The minimum atomic E-state index is -0.457. The Morgan fingerprint density at radius 3 is 3.05 bits per heavy atom. The number of nitrogens with zero attached hydrogens (tertiary/aromatic N) is 2. The summed E-state index contributed by atoms with van der Waals surface area (Å²) >= 11 is 0. The molecule has 6 heteroatoms. The summed E-state index contributed by atoms with van der Waals surface area (Å²) in [5.74, 6) is 1.10. The molecule has 2 N–H and O–H groups in total. The van der Waals surface area contributed by atoms with E-state index in [9.17, 15) is 4.79 Å². The number of carbonyl (C=O) groups excluding carboxylic acids is 1. The molecule has 0 amide bonds. The van der Waals surface area contributed by atoms with E-state index in [1.54, 1.807) is 6.92 Å². The van der Waals surface area contributed by atoms with Crippen LogP contribution in [0.5, 0.6) is 0 Å². The van der Waals surface area contributed by atoms with Crippen molar-refractivity contribution in [2.45, 2.75) is 33.2 Å². The molecule has 106 valence electrons. The number of hydrogen-bond acceptors (Lipinski definition) is 5. The van der Waals surface area contributed by atoms with Crippen LogP contribution >= 0.6 is 0 Å². The van der Waals surface area contributed by atoms with E-state index in [2.05, 4.69) is 4.98 Å². The Labute approximate surface area is 112 Å². The standard InChI is InChI=1S/C13H21N3O3/c1-3-19-13(17)11-12(14)16(9(2)15-11)7-10-5-4-6-18-8-10/h10H,3-8,14H2,1-2H3. The van der Waals surface area contributed by atoms with Gasteiger partial charge in [0.25, 0.3) is 0 Å². The smallest absolute Gasteiger partial charge is 0.360 e. The molecule has 0 bridgehead atoms. The van der Waals surface area contributed by atoms with E-state index >= 15 is 0 Å². The molecule has 0 aliphatic carbocycles. The van der Waals surface area contributed by atoms with Gasteiger partial charge in [-0.15, -0.1) is 0 Å². The van der Waals surface area contributed by atoms with E-state index in [0.29, 0.717) is 18.3 Å². The van der Waals surface area contributed by atoms with E-state index in [1.807, 2.05) is 11.5 Å². The van der Waals surface area contributed by atoms with Gasteiger partial charge in [-0.1, -0.05) is 0 Å². The van der Waals surface area contributed by atoms with Crippen LogP contribution in [0.2, 0.25) is 0 Å². The molecular weight excluding hydrogens is 246 g/mol. The molecule has 2 rings (SSSR count). The molecule has 19 heavy (non-hydrogen) atoms. The normalized spacial score (nSPS) is 19.4. The van der Waals surface area contributed by atoms with Crippen molar-refractivity contribution in [3.63, 3.8) is 0 Å². The van der Waals surface area contributed by atoms with Crippen LogP contribution in [0.1, 0.15) is 36.1 Å². The number of aryl methyl sites for hydroxylation is 1. The number of nitrogens with two attached hydrogens (primary N) is 1. The van der Waals surface area contributed by atoms with Crippen molar-refractivity contribution in [3.8, 4) is 0 Å². The van der Waals surface area contributed by atoms with Gasteiger partial charge in [-0.2, -0.15) is 0 Å². The summed E-state index contributed by atoms with van der Waals surface area (Å²) in [7, 11) is 0. The van der Waals surface area contributed by atoms with Crippen molar-refractivity contribution in [1.29, 1.82) is 0 Å². The van der Waals surface area contributed by atoms with Crippen LogP contribution in [-0.2, 0) is 16.0 Å². The third-order valence-corrected chi connectivity index (χ3v) is 3.36. The minimum absolute atomic E-state index is 0.219. The molecule has 1 unspecified atom stereocenters. The number of anilines is 1. The first-order chi connectivity index (χ1) is 9.13. The lowest BCUT2D eigenvalue weighted by molar-refractivity contribution is 0.0483. The van der Waals surface area contributed by atoms with Crippen LogP contribution < -0.4 is 5.73 Å². The topological polar surface area (TPSA) is 79.4 Å². The second-order valence-electron chi connectivity index (χ2n) is 4.81. The van der Waals surface area contributed by atoms with Crippen molar-refractivity contribution >= 4 is 11.8 Å². The summed E-state index contributed by atoms with van der Waals surface area (Å²) in [5.41, 5.74) is 6.23. The molecule has 1 fully saturated rings. The number of rotatable bonds is 4. The number of nitrogen functional groups attached to an aromatic ring is 1. The van der Waals surface area contributed by atoms with Crippen LogP contribution in [0.3, 0.4) is 0 Å². The lowest BCUT2D eigenvalue weighted by Gasteiger charge is -2.23. The Hall–Kier alpha value is -1.56. The molecule has 0 spiro atoms. The zero-order valence-electron chi connectivity index (χ0n) is 11.5. The summed E-state index contributed by atoms with van der Waals surface area (Å²) in [6.07, 6.45) is 2.19. The van der Waals surface area contributed by atoms with Crippen LogP contribution in [0.15, 0.2) is 0 Å². The lowest BCUT2D eigenvalue weighted by atomic mass is 10.0. The first-order valence-electron chi connectivity index (χ1n) is 6.71. The second-order valence-corrected chi connectivity index (χ2v) is 4.81. The number of carbonyl (C=O) groups is 1. The minimum Gasteiger partial charge on any atom is -0.461 e. The lowest BCUT2D eigenvalue weighted by Crippen LogP contribution is -2.23. The van der Waals surface area contributed by atoms with Gasteiger partial charge in [0.05, 0.1) is 13.2 Å². The highest BCUT2D eigenvalue weighted by Crippen LogP contribution is 2.21. The van der Waals surface area contributed by atoms with Gasteiger partial charge in [-0.3, -0.25) is 0 Å². The largest absolute Gasteiger partial charge is 0.461 e. The molecule has 1 saturated heterocycles. The molecule has 1 aromatic rings. The molecule has 0 radical (unpaired) electrons. The molecule has 1 aliphatic rings. The zero-order valence-corrected chi connectivity index (χ0v) is 11.5. The van der Waals surface area contributed by atoms with Gasteiger partial charge in [0.2, 0.25) is 0 Å². The molecule has 1 aliphatic heterocycles. The maximum atomic E-state index is 11.7.